The summed E-state index contributed by atoms with van der Waals surface area (Å²) in [6, 6.07) is 8.32. The molecule has 1 aromatic carbocycles. The topological polar surface area (TPSA) is 73.2 Å². The van der Waals surface area contributed by atoms with Crippen LogP contribution in [0.4, 0.5) is 13.2 Å². The van der Waals surface area contributed by atoms with Crippen LogP contribution in [0.3, 0.4) is 0 Å². The number of rotatable bonds is 5. The highest BCUT2D eigenvalue weighted by Gasteiger charge is 2.29. The zero-order valence-electron chi connectivity index (χ0n) is 13.5. The second-order valence-electron chi connectivity index (χ2n) is 5.24. The first kappa shape index (κ1) is 18.5. The lowest BCUT2D eigenvalue weighted by molar-refractivity contribution is -0.140. The Kier molecular flexibility index (Phi) is 5.45. The van der Waals surface area contributed by atoms with Gasteiger partial charge in [-0.05, 0) is 37.3 Å². The van der Waals surface area contributed by atoms with Crippen molar-refractivity contribution in [3.8, 4) is 17.0 Å². The van der Waals surface area contributed by atoms with E-state index >= 15 is 0 Å². The number of nitrogens with one attached hydrogen (secondary N) is 1. The van der Waals surface area contributed by atoms with Crippen molar-refractivity contribution < 1.29 is 22.7 Å². The third-order valence-electron chi connectivity index (χ3n) is 3.42. The second-order valence-corrected chi connectivity index (χ2v) is 5.24. The molecule has 9 heteroatoms. The summed E-state index contributed by atoms with van der Waals surface area (Å²) >= 11 is 0. The quantitative estimate of drug-likeness (QED) is 0.892. The minimum absolute atomic E-state index is 0.401. The average Bonchev–Trinajstić information content (AvgIpc) is 2.59. The number of carbonyl (C=O) groups excluding carboxylic acids is 1. The first-order chi connectivity index (χ1) is 11.7. The maximum absolute atomic E-state index is 12.2. The number of halogens is 3. The molecule has 1 unspecified atom stereocenters. The van der Waals surface area contributed by atoms with E-state index in [0.29, 0.717) is 17.0 Å². The fourth-order valence-corrected chi connectivity index (χ4v) is 2.06. The summed E-state index contributed by atoms with van der Waals surface area (Å²) in [5, 5.41) is 5.83. The summed E-state index contributed by atoms with van der Waals surface area (Å²) in [6.07, 6.45) is -4.53. The van der Waals surface area contributed by atoms with Gasteiger partial charge in [0, 0.05) is 11.6 Å². The molecule has 6 nitrogen and oxygen atoms in total. The van der Waals surface area contributed by atoms with E-state index in [1.807, 2.05) is 0 Å². The Balaban J connectivity index is 2.25. The van der Waals surface area contributed by atoms with Gasteiger partial charge in [-0.15, -0.1) is 0 Å². The van der Waals surface area contributed by atoms with Gasteiger partial charge in [0.2, 0.25) is 5.91 Å². The Morgan fingerprint density at radius 1 is 1.24 bits per heavy atom. The summed E-state index contributed by atoms with van der Waals surface area (Å²) in [5.41, 5.74) is 0.474. The standard InChI is InChI=1S/C16H16F3N3O3/c1-10(15(24)20-9-16(17,18)19)22-14(23)8-7-13(21-22)11-3-5-12(25-2)6-4-11/h3-8,10H,9H2,1-2H3,(H,20,24). The number of benzene rings is 1. The zero-order chi connectivity index (χ0) is 18.6. The van der Waals surface area contributed by atoms with Gasteiger partial charge < -0.3 is 10.1 Å². The van der Waals surface area contributed by atoms with Crippen molar-refractivity contribution in [3.05, 3.63) is 46.8 Å². The lowest BCUT2D eigenvalue weighted by atomic mass is 10.1. The molecule has 0 saturated heterocycles. The number of ether oxygens (including phenoxy) is 1. The molecule has 0 aliphatic rings. The fourth-order valence-electron chi connectivity index (χ4n) is 2.06. The molecule has 0 radical (unpaired) electrons. The van der Waals surface area contributed by atoms with Crippen LogP contribution in [0.15, 0.2) is 41.2 Å². The molecule has 134 valence electrons. The highest BCUT2D eigenvalue weighted by molar-refractivity contribution is 5.79. The van der Waals surface area contributed by atoms with E-state index in [4.69, 9.17) is 4.74 Å². The number of carbonyl (C=O) groups is 1. The third kappa shape index (κ3) is 4.82. The van der Waals surface area contributed by atoms with Gasteiger partial charge in [-0.3, -0.25) is 9.59 Å². The molecule has 0 saturated carbocycles. The van der Waals surface area contributed by atoms with Crippen LogP contribution in [0.1, 0.15) is 13.0 Å². The third-order valence-corrected chi connectivity index (χ3v) is 3.42. The summed E-state index contributed by atoms with van der Waals surface area (Å²) in [4.78, 5) is 23.8. The summed E-state index contributed by atoms with van der Waals surface area (Å²) < 4.78 is 42.5. The molecular weight excluding hydrogens is 339 g/mol. The molecule has 1 heterocycles. The first-order valence-corrected chi connectivity index (χ1v) is 7.30. The average molecular weight is 355 g/mol. The summed E-state index contributed by atoms with van der Waals surface area (Å²) in [5.74, 6) is -0.309. The van der Waals surface area contributed by atoms with E-state index in [2.05, 4.69) is 5.10 Å². The molecular formula is C16H16F3N3O3. The molecule has 0 spiro atoms. The van der Waals surface area contributed by atoms with Crippen molar-refractivity contribution in [3.63, 3.8) is 0 Å². The van der Waals surface area contributed by atoms with Gasteiger partial charge in [0.1, 0.15) is 18.3 Å². The van der Waals surface area contributed by atoms with E-state index in [9.17, 15) is 22.8 Å². The summed E-state index contributed by atoms with van der Waals surface area (Å²) in [6.45, 7) is -0.166. The lowest BCUT2D eigenvalue weighted by Gasteiger charge is -2.16. The predicted molar refractivity (Wildman–Crippen MR) is 84.3 cm³/mol. The van der Waals surface area contributed by atoms with Gasteiger partial charge in [-0.25, -0.2) is 4.68 Å². The van der Waals surface area contributed by atoms with Crippen LogP contribution in [-0.2, 0) is 4.79 Å². The number of hydrogen-bond donors (Lipinski definition) is 1. The predicted octanol–water partition coefficient (Wildman–Crippen LogP) is 2.16. The molecule has 25 heavy (non-hydrogen) atoms. The van der Waals surface area contributed by atoms with Crippen molar-refractivity contribution >= 4 is 5.91 Å². The molecule has 1 aromatic heterocycles. The number of nitrogens with zero attached hydrogens (tertiary/aromatic N) is 2. The Bertz CT molecular complexity index is 801. The molecule has 0 aliphatic carbocycles. The van der Waals surface area contributed by atoms with Gasteiger partial charge in [0.25, 0.3) is 5.56 Å². The molecule has 1 amide bonds. The number of hydrogen-bond acceptors (Lipinski definition) is 4. The Morgan fingerprint density at radius 3 is 2.44 bits per heavy atom. The van der Waals surface area contributed by atoms with Crippen LogP contribution < -0.4 is 15.6 Å². The van der Waals surface area contributed by atoms with Gasteiger partial charge in [0.15, 0.2) is 0 Å². The van der Waals surface area contributed by atoms with Crippen LogP contribution in [0.25, 0.3) is 11.3 Å². The van der Waals surface area contributed by atoms with Crippen LogP contribution >= 0.6 is 0 Å². The number of amides is 1. The first-order valence-electron chi connectivity index (χ1n) is 7.30. The highest BCUT2D eigenvalue weighted by atomic mass is 19.4. The number of alkyl halides is 3. The maximum atomic E-state index is 12.2. The Hall–Kier alpha value is -2.84. The van der Waals surface area contributed by atoms with E-state index in [0.717, 1.165) is 4.68 Å². The molecule has 0 fully saturated rings. The molecule has 2 rings (SSSR count). The van der Waals surface area contributed by atoms with Gasteiger partial charge in [0.05, 0.1) is 12.8 Å². The van der Waals surface area contributed by atoms with Gasteiger partial charge in [-0.2, -0.15) is 18.3 Å². The van der Waals surface area contributed by atoms with Crippen LogP contribution in [0.5, 0.6) is 5.75 Å². The second kappa shape index (κ2) is 7.37. The van der Waals surface area contributed by atoms with Crippen LogP contribution in [-0.4, -0.2) is 35.5 Å². The van der Waals surface area contributed by atoms with Crippen molar-refractivity contribution in [2.45, 2.75) is 19.1 Å². The van der Waals surface area contributed by atoms with E-state index in [1.165, 1.54) is 26.2 Å². The Morgan fingerprint density at radius 2 is 1.88 bits per heavy atom. The van der Waals surface area contributed by atoms with Gasteiger partial charge >= 0.3 is 6.18 Å². The molecule has 0 aliphatic heterocycles. The molecule has 1 atom stereocenters. The minimum atomic E-state index is -4.53. The Labute approximate surface area is 141 Å². The minimum Gasteiger partial charge on any atom is -0.497 e. The normalized spacial score (nSPS) is 12.5. The van der Waals surface area contributed by atoms with Crippen molar-refractivity contribution in [2.75, 3.05) is 13.7 Å². The van der Waals surface area contributed by atoms with Crippen molar-refractivity contribution in [1.82, 2.24) is 15.1 Å². The molecule has 1 N–H and O–H groups in total. The summed E-state index contributed by atoms with van der Waals surface area (Å²) in [7, 11) is 1.52. The number of aromatic nitrogens is 2. The largest absolute Gasteiger partial charge is 0.497 e. The lowest BCUT2D eigenvalue weighted by Crippen LogP contribution is -2.40. The van der Waals surface area contributed by atoms with Crippen LogP contribution in [0, 0.1) is 0 Å². The van der Waals surface area contributed by atoms with Crippen molar-refractivity contribution in [1.29, 1.82) is 0 Å². The van der Waals surface area contributed by atoms with E-state index in [1.54, 1.807) is 29.6 Å². The smallest absolute Gasteiger partial charge is 0.405 e. The maximum Gasteiger partial charge on any atom is 0.405 e. The number of methoxy groups -OCH3 is 1. The fraction of sp³-hybridized carbons (Fsp3) is 0.312. The highest BCUT2D eigenvalue weighted by Crippen LogP contribution is 2.20. The van der Waals surface area contributed by atoms with Crippen molar-refractivity contribution in [2.24, 2.45) is 0 Å². The SMILES string of the molecule is COc1ccc(-c2ccc(=O)n(C(C)C(=O)NCC(F)(F)F)n2)cc1. The van der Waals surface area contributed by atoms with E-state index < -0.39 is 30.2 Å². The van der Waals surface area contributed by atoms with Crippen LogP contribution in [0.2, 0.25) is 0 Å². The molecule has 0 bridgehead atoms. The molecule has 2 aromatic rings. The van der Waals surface area contributed by atoms with Gasteiger partial charge in [-0.1, -0.05) is 0 Å². The van der Waals surface area contributed by atoms with E-state index in [-0.39, 0.29) is 0 Å². The monoisotopic (exact) mass is 355 g/mol. The zero-order valence-corrected chi connectivity index (χ0v) is 13.5.